The topological polar surface area (TPSA) is 121 Å². The van der Waals surface area contributed by atoms with Crippen LogP contribution in [0.25, 0.3) is 0 Å². The van der Waals surface area contributed by atoms with Crippen molar-refractivity contribution in [2.24, 2.45) is 12.2 Å². The lowest BCUT2D eigenvalue weighted by molar-refractivity contribution is -0.388. The van der Waals surface area contributed by atoms with E-state index in [4.69, 9.17) is 5.14 Å². The van der Waals surface area contributed by atoms with Gasteiger partial charge in [-0.15, -0.1) is 0 Å². The van der Waals surface area contributed by atoms with Gasteiger partial charge in [-0.2, -0.15) is 5.10 Å². The average Bonchev–Trinajstić information content (AvgIpc) is 2.42. The fourth-order valence-electron chi connectivity index (χ4n) is 1.46. The van der Waals surface area contributed by atoms with Crippen molar-refractivity contribution in [3.05, 3.63) is 15.8 Å². The zero-order valence-corrected chi connectivity index (χ0v) is 9.69. The Bertz CT molecular complexity index is 519. The van der Waals surface area contributed by atoms with Gasteiger partial charge in [0.25, 0.3) is 10.0 Å². The maximum Gasteiger partial charge on any atom is 0.330 e. The molecule has 1 rings (SSSR count). The number of primary sulfonamides is 1. The Morgan fingerprint density at radius 3 is 2.50 bits per heavy atom. The van der Waals surface area contributed by atoms with E-state index >= 15 is 0 Å². The number of nitro groups is 1. The Labute approximate surface area is 92.3 Å². The normalized spacial score (nSPS) is 11.7. The third-order valence-electron chi connectivity index (χ3n) is 1.98. The number of rotatable bonds is 4. The summed E-state index contributed by atoms with van der Waals surface area (Å²) in [5, 5.41) is 19.0. The van der Waals surface area contributed by atoms with Crippen LogP contribution in [0.4, 0.5) is 5.69 Å². The van der Waals surface area contributed by atoms with Crippen molar-refractivity contribution in [3.63, 3.8) is 0 Å². The Balaban J connectivity index is 3.55. The van der Waals surface area contributed by atoms with Crippen molar-refractivity contribution in [1.29, 1.82) is 0 Å². The van der Waals surface area contributed by atoms with Crippen LogP contribution in [0.1, 0.15) is 19.0 Å². The molecule has 0 aliphatic rings. The summed E-state index contributed by atoms with van der Waals surface area (Å²) in [6, 6.07) is 0. The Kier molecular flexibility index (Phi) is 3.29. The molecule has 0 aliphatic heterocycles. The summed E-state index contributed by atoms with van der Waals surface area (Å²) in [6.45, 7) is 1.81. The number of hydrogen-bond donors (Lipinski definition) is 1. The van der Waals surface area contributed by atoms with Gasteiger partial charge < -0.3 is 0 Å². The Morgan fingerprint density at radius 2 is 2.12 bits per heavy atom. The molecule has 8 nitrogen and oxygen atoms in total. The summed E-state index contributed by atoms with van der Waals surface area (Å²) in [6.07, 6.45) is 0.960. The van der Waals surface area contributed by atoms with Gasteiger partial charge in [0, 0.05) is 7.05 Å². The number of nitrogens with two attached hydrogens (primary N) is 1. The van der Waals surface area contributed by atoms with Crippen LogP contribution >= 0.6 is 0 Å². The zero-order valence-electron chi connectivity index (χ0n) is 8.87. The van der Waals surface area contributed by atoms with Crippen LogP contribution in [0.15, 0.2) is 5.03 Å². The number of hydrogen-bond acceptors (Lipinski definition) is 5. The molecular weight excluding hydrogens is 236 g/mol. The lowest BCUT2D eigenvalue weighted by Crippen LogP contribution is -2.17. The first-order chi connectivity index (χ1) is 7.29. The van der Waals surface area contributed by atoms with Crippen LogP contribution in [0.2, 0.25) is 0 Å². The second kappa shape index (κ2) is 4.18. The first-order valence-corrected chi connectivity index (χ1v) is 6.06. The van der Waals surface area contributed by atoms with Gasteiger partial charge in [-0.1, -0.05) is 13.3 Å². The van der Waals surface area contributed by atoms with E-state index in [9.17, 15) is 18.5 Å². The van der Waals surface area contributed by atoms with Crippen LogP contribution in [-0.2, 0) is 23.5 Å². The van der Waals surface area contributed by atoms with E-state index in [1.165, 1.54) is 7.05 Å². The average molecular weight is 248 g/mol. The first kappa shape index (κ1) is 12.6. The van der Waals surface area contributed by atoms with Crippen LogP contribution in [-0.4, -0.2) is 23.1 Å². The highest BCUT2D eigenvalue weighted by Gasteiger charge is 2.32. The molecular formula is C7H12N4O4S. The van der Waals surface area contributed by atoms with Gasteiger partial charge in [-0.3, -0.25) is 10.1 Å². The highest BCUT2D eigenvalue weighted by molar-refractivity contribution is 7.89. The Hall–Kier alpha value is -1.48. The van der Waals surface area contributed by atoms with E-state index in [0.29, 0.717) is 12.8 Å². The fraction of sp³-hybridized carbons (Fsp3) is 0.571. The lowest BCUT2D eigenvalue weighted by atomic mass is 10.2. The quantitative estimate of drug-likeness (QED) is 0.590. The van der Waals surface area contributed by atoms with Crippen molar-refractivity contribution in [3.8, 4) is 0 Å². The minimum absolute atomic E-state index is 0.138. The van der Waals surface area contributed by atoms with Crippen LogP contribution < -0.4 is 5.14 Å². The predicted molar refractivity (Wildman–Crippen MR) is 55.2 cm³/mol. The molecule has 0 spiro atoms. The molecule has 1 heterocycles. The van der Waals surface area contributed by atoms with Gasteiger partial charge in [-0.25, -0.2) is 18.2 Å². The van der Waals surface area contributed by atoms with Crippen molar-refractivity contribution in [2.75, 3.05) is 0 Å². The summed E-state index contributed by atoms with van der Waals surface area (Å²) in [4.78, 5) is 10.0. The standard InChI is InChI=1S/C7H12N4O4S/c1-3-4-5-6(11(12)13)7(10(2)9-5)16(8,14)15/h3-4H2,1-2H3,(H2,8,14,15). The molecule has 0 atom stereocenters. The van der Waals surface area contributed by atoms with Crippen molar-refractivity contribution in [2.45, 2.75) is 24.8 Å². The minimum Gasteiger partial charge on any atom is -0.258 e. The molecule has 90 valence electrons. The molecule has 0 aromatic carbocycles. The molecule has 0 amide bonds. The van der Waals surface area contributed by atoms with Crippen molar-refractivity contribution in [1.82, 2.24) is 9.78 Å². The monoisotopic (exact) mass is 248 g/mol. The van der Waals surface area contributed by atoms with Gasteiger partial charge >= 0.3 is 5.69 Å². The lowest BCUT2D eigenvalue weighted by Gasteiger charge is -1.96. The zero-order chi connectivity index (χ0) is 12.5. The maximum absolute atomic E-state index is 11.2. The number of aryl methyl sites for hydroxylation is 2. The van der Waals surface area contributed by atoms with E-state index < -0.39 is 25.7 Å². The molecule has 0 radical (unpaired) electrons. The number of aromatic nitrogens is 2. The number of nitrogens with zero attached hydrogens (tertiary/aromatic N) is 3. The SMILES string of the molecule is CCCc1nn(C)c(S(N)(=O)=O)c1[N+](=O)[O-]. The third-order valence-corrected chi connectivity index (χ3v) is 2.98. The molecule has 0 saturated heterocycles. The van der Waals surface area contributed by atoms with Crippen LogP contribution in [0.3, 0.4) is 0 Å². The molecule has 0 unspecified atom stereocenters. The number of sulfonamides is 1. The highest BCUT2D eigenvalue weighted by Crippen LogP contribution is 2.27. The Morgan fingerprint density at radius 1 is 1.56 bits per heavy atom. The van der Waals surface area contributed by atoms with E-state index in [1.54, 1.807) is 0 Å². The summed E-state index contributed by atoms with van der Waals surface area (Å²) < 4.78 is 23.3. The van der Waals surface area contributed by atoms with E-state index in [0.717, 1.165) is 4.68 Å². The van der Waals surface area contributed by atoms with E-state index in [-0.39, 0.29) is 5.69 Å². The first-order valence-electron chi connectivity index (χ1n) is 4.52. The molecule has 2 N–H and O–H groups in total. The smallest absolute Gasteiger partial charge is 0.258 e. The molecule has 1 aromatic heterocycles. The van der Waals surface area contributed by atoms with Gasteiger partial charge in [0.15, 0.2) is 0 Å². The summed E-state index contributed by atoms with van der Waals surface area (Å²) in [7, 11) is -2.84. The molecule has 0 bridgehead atoms. The van der Waals surface area contributed by atoms with Gasteiger partial charge in [0.05, 0.1) is 4.92 Å². The third kappa shape index (κ3) is 2.19. The van der Waals surface area contributed by atoms with Gasteiger partial charge in [0.2, 0.25) is 5.03 Å². The molecule has 16 heavy (non-hydrogen) atoms. The summed E-state index contributed by atoms with van der Waals surface area (Å²) in [5.41, 5.74) is -0.383. The van der Waals surface area contributed by atoms with Crippen molar-refractivity contribution < 1.29 is 13.3 Å². The second-order valence-corrected chi connectivity index (χ2v) is 4.75. The van der Waals surface area contributed by atoms with E-state index in [2.05, 4.69) is 5.10 Å². The highest BCUT2D eigenvalue weighted by atomic mass is 32.2. The maximum atomic E-state index is 11.2. The molecule has 0 fully saturated rings. The minimum atomic E-state index is -4.15. The largest absolute Gasteiger partial charge is 0.330 e. The summed E-state index contributed by atoms with van der Waals surface area (Å²) in [5.74, 6) is 0. The molecule has 1 aromatic rings. The van der Waals surface area contributed by atoms with Crippen LogP contribution in [0.5, 0.6) is 0 Å². The molecule has 0 saturated carbocycles. The van der Waals surface area contributed by atoms with Crippen molar-refractivity contribution >= 4 is 15.7 Å². The fourth-order valence-corrected chi connectivity index (χ4v) is 2.33. The summed E-state index contributed by atoms with van der Waals surface area (Å²) >= 11 is 0. The second-order valence-electron chi connectivity index (χ2n) is 3.28. The predicted octanol–water partition coefficient (Wildman–Crippen LogP) is -0.0718. The van der Waals surface area contributed by atoms with Gasteiger partial charge in [0.1, 0.15) is 5.69 Å². The van der Waals surface area contributed by atoms with Crippen LogP contribution in [0, 0.1) is 10.1 Å². The molecule has 9 heteroatoms. The molecule has 0 aliphatic carbocycles. The van der Waals surface area contributed by atoms with Gasteiger partial charge in [-0.05, 0) is 6.42 Å². The van der Waals surface area contributed by atoms with E-state index in [1.807, 2.05) is 6.92 Å².